The maximum absolute atomic E-state index is 12.5. The maximum atomic E-state index is 12.5. The molecular formula is C22H29N3O3. The number of methoxy groups -OCH3 is 2. The summed E-state index contributed by atoms with van der Waals surface area (Å²) in [4.78, 5) is 16.8. The van der Waals surface area contributed by atoms with Crippen molar-refractivity contribution in [2.75, 3.05) is 57.2 Å². The Morgan fingerprint density at radius 1 is 1.00 bits per heavy atom. The van der Waals surface area contributed by atoms with Crippen LogP contribution in [0, 0.1) is 6.92 Å². The summed E-state index contributed by atoms with van der Waals surface area (Å²) in [5.41, 5.74) is 3.41. The van der Waals surface area contributed by atoms with Crippen LogP contribution in [0.5, 0.6) is 11.5 Å². The number of nitrogens with one attached hydrogen (secondary N) is 1. The lowest BCUT2D eigenvalue weighted by Gasteiger charge is -2.36. The van der Waals surface area contributed by atoms with E-state index in [0.29, 0.717) is 24.5 Å². The number of nitrogens with zero attached hydrogens (tertiary/aromatic N) is 2. The molecule has 1 aliphatic rings. The molecule has 0 aromatic heterocycles. The Bertz CT molecular complexity index is 801. The van der Waals surface area contributed by atoms with E-state index in [-0.39, 0.29) is 5.91 Å². The van der Waals surface area contributed by atoms with Gasteiger partial charge in [0.05, 0.1) is 14.2 Å². The molecule has 1 amide bonds. The van der Waals surface area contributed by atoms with Gasteiger partial charge in [-0.15, -0.1) is 0 Å². The molecule has 1 N–H and O–H groups in total. The van der Waals surface area contributed by atoms with Crippen molar-refractivity contribution >= 4 is 17.3 Å². The molecule has 0 unspecified atom stereocenters. The minimum atomic E-state index is 0.192. The quantitative estimate of drug-likeness (QED) is 0.796. The molecule has 28 heavy (non-hydrogen) atoms. The molecule has 2 aromatic rings. The van der Waals surface area contributed by atoms with Crippen molar-refractivity contribution < 1.29 is 14.3 Å². The number of ether oxygens (including phenoxy) is 2. The van der Waals surface area contributed by atoms with Crippen LogP contribution in [-0.4, -0.2) is 57.8 Å². The molecule has 1 heterocycles. The van der Waals surface area contributed by atoms with Crippen LogP contribution in [0.3, 0.4) is 0 Å². The Labute approximate surface area is 167 Å². The zero-order valence-corrected chi connectivity index (χ0v) is 16.9. The van der Waals surface area contributed by atoms with Crippen LogP contribution in [0.4, 0.5) is 11.4 Å². The molecule has 0 radical (unpaired) electrons. The lowest BCUT2D eigenvalue weighted by molar-refractivity contribution is -0.131. The molecule has 3 rings (SSSR count). The molecule has 1 fully saturated rings. The number of carbonyl (C=O) groups excluding carboxylic acids is 1. The average Bonchev–Trinajstić information content (AvgIpc) is 2.73. The van der Waals surface area contributed by atoms with Crippen LogP contribution in [0.1, 0.15) is 12.0 Å². The number of carbonyl (C=O) groups is 1. The number of hydrogen-bond acceptors (Lipinski definition) is 5. The van der Waals surface area contributed by atoms with Crippen molar-refractivity contribution in [3.63, 3.8) is 0 Å². The summed E-state index contributed by atoms with van der Waals surface area (Å²) in [5.74, 6) is 1.55. The second-order valence-electron chi connectivity index (χ2n) is 6.95. The minimum Gasteiger partial charge on any atom is -0.493 e. The molecule has 6 nitrogen and oxygen atoms in total. The molecule has 6 heteroatoms. The molecule has 2 aromatic carbocycles. The molecule has 0 aliphatic carbocycles. The highest BCUT2D eigenvalue weighted by atomic mass is 16.5. The Morgan fingerprint density at radius 2 is 1.75 bits per heavy atom. The smallest absolute Gasteiger partial charge is 0.224 e. The molecule has 150 valence electrons. The number of amides is 1. The van der Waals surface area contributed by atoms with E-state index in [9.17, 15) is 4.79 Å². The molecular weight excluding hydrogens is 354 g/mol. The number of hydrogen-bond donors (Lipinski definition) is 1. The van der Waals surface area contributed by atoms with Crippen molar-refractivity contribution in [2.45, 2.75) is 13.3 Å². The van der Waals surface area contributed by atoms with Gasteiger partial charge in [0, 0.05) is 56.6 Å². The highest BCUT2D eigenvalue weighted by Gasteiger charge is 2.21. The fraction of sp³-hybridized carbons (Fsp3) is 0.409. The van der Waals surface area contributed by atoms with Gasteiger partial charge in [0.25, 0.3) is 0 Å². The summed E-state index contributed by atoms with van der Waals surface area (Å²) in [6.45, 7) is 5.98. The van der Waals surface area contributed by atoms with E-state index in [1.54, 1.807) is 14.2 Å². The highest BCUT2D eigenvalue weighted by molar-refractivity contribution is 5.77. The number of rotatable bonds is 7. The van der Waals surface area contributed by atoms with E-state index in [4.69, 9.17) is 9.47 Å². The molecule has 0 atom stereocenters. The van der Waals surface area contributed by atoms with Gasteiger partial charge >= 0.3 is 0 Å². The zero-order valence-electron chi connectivity index (χ0n) is 16.9. The fourth-order valence-corrected chi connectivity index (χ4v) is 3.46. The molecule has 1 aliphatic heterocycles. The van der Waals surface area contributed by atoms with E-state index in [2.05, 4.69) is 41.4 Å². The van der Waals surface area contributed by atoms with Crippen LogP contribution in [0.2, 0.25) is 0 Å². The maximum Gasteiger partial charge on any atom is 0.224 e. The third-order valence-corrected chi connectivity index (χ3v) is 5.05. The Hall–Kier alpha value is -2.89. The van der Waals surface area contributed by atoms with Gasteiger partial charge in [-0.1, -0.05) is 12.1 Å². The largest absolute Gasteiger partial charge is 0.493 e. The van der Waals surface area contributed by atoms with Gasteiger partial charge in [-0.2, -0.15) is 0 Å². The number of aryl methyl sites for hydroxylation is 1. The lowest BCUT2D eigenvalue weighted by atomic mass is 10.2. The normalized spacial score (nSPS) is 14.0. The van der Waals surface area contributed by atoms with Gasteiger partial charge in [0.15, 0.2) is 11.5 Å². The second-order valence-corrected chi connectivity index (χ2v) is 6.95. The van der Waals surface area contributed by atoms with Crippen molar-refractivity contribution in [3.8, 4) is 11.5 Å². The van der Waals surface area contributed by atoms with Gasteiger partial charge in [-0.05, 0) is 36.8 Å². The van der Waals surface area contributed by atoms with Gasteiger partial charge < -0.3 is 24.6 Å². The summed E-state index contributed by atoms with van der Waals surface area (Å²) in [6, 6.07) is 14.2. The SMILES string of the molecule is COc1ccc(NCCC(=O)N2CCN(c3cccc(C)c3)CC2)cc1OC. The van der Waals surface area contributed by atoms with Gasteiger partial charge in [0.1, 0.15) is 0 Å². The average molecular weight is 383 g/mol. The number of anilines is 2. The van der Waals surface area contributed by atoms with Crippen LogP contribution in [-0.2, 0) is 4.79 Å². The Morgan fingerprint density at radius 3 is 2.43 bits per heavy atom. The number of benzene rings is 2. The fourth-order valence-electron chi connectivity index (χ4n) is 3.46. The first-order valence-corrected chi connectivity index (χ1v) is 9.66. The van der Waals surface area contributed by atoms with Crippen LogP contribution < -0.4 is 19.7 Å². The minimum absolute atomic E-state index is 0.192. The summed E-state index contributed by atoms with van der Waals surface area (Å²) in [5, 5.41) is 3.29. The second kappa shape index (κ2) is 9.35. The topological polar surface area (TPSA) is 54.0 Å². The highest BCUT2D eigenvalue weighted by Crippen LogP contribution is 2.29. The van der Waals surface area contributed by atoms with Gasteiger partial charge in [-0.3, -0.25) is 4.79 Å². The monoisotopic (exact) mass is 383 g/mol. The summed E-state index contributed by atoms with van der Waals surface area (Å²) in [7, 11) is 3.23. The van der Waals surface area contributed by atoms with Crippen LogP contribution in [0.25, 0.3) is 0 Å². The van der Waals surface area contributed by atoms with Crippen molar-refractivity contribution in [1.29, 1.82) is 0 Å². The van der Waals surface area contributed by atoms with Crippen molar-refractivity contribution in [2.24, 2.45) is 0 Å². The first-order valence-electron chi connectivity index (χ1n) is 9.66. The van der Waals surface area contributed by atoms with E-state index < -0.39 is 0 Å². The van der Waals surface area contributed by atoms with E-state index in [1.165, 1.54) is 11.3 Å². The molecule has 0 saturated carbocycles. The molecule has 0 bridgehead atoms. The molecule has 1 saturated heterocycles. The first-order chi connectivity index (χ1) is 13.6. The standard InChI is InChI=1S/C22H29N3O3/c1-17-5-4-6-19(15-17)24-11-13-25(14-12-24)22(26)9-10-23-18-7-8-20(27-2)21(16-18)28-3/h4-8,15-16,23H,9-14H2,1-3H3. The Kier molecular flexibility index (Phi) is 6.63. The summed E-state index contributed by atoms with van der Waals surface area (Å²) < 4.78 is 10.6. The van der Waals surface area contributed by atoms with E-state index in [0.717, 1.165) is 31.9 Å². The van der Waals surface area contributed by atoms with Gasteiger partial charge in [-0.25, -0.2) is 0 Å². The first kappa shape index (κ1) is 19.9. The third kappa shape index (κ3) is 4.88. The summed E-state index contributed by atoms with van der Waals surface area (Å²) in [6.07, 6.45) is 0.471. The Balaban J connectivity index is 1.45. The predicted octanol–water partition coefficient (Wildman–Crippen LogP) is 3.16. The van der Waals surface area contributed by atoms with E-state index >= 15 is 0 Å². The van der Waals surface area contributed by atoms with Crippen LogP contribution >= 0.6 is 0 Å². The summed E-state index contributed by atoms with van der Waals surface area (Å²) >= 11 is 0. The predicted molar refractivity (Wildman–Crippen MR) is 113 cm³/mol. The number of piperazine rings is 1. The van der Waals surface area contributed by atoms with Crippen molar-refractivity contribution in [3.05, 3.63) is 48.0 Å². The van der Waals surface area contributed by atoms with Crippen molar-refractivity contribution in [1.82, 2.24) is 4.90 Å². The molecule has 0 spiro atoms. The third-order valence-electron chi connectivity index (χ3n) is 5.05. The van der Waals surface area contributed by atoms with Crippen LogP contribution in [0.15, 0.2) is 42.5 Å². The van der Waals surface area contributed by atoms with E-state index in [1.807, 2.05) is 23.1 Å². The van der Waals surface area contributed by atoms with Gasteiger partial charge in [0.2, 0.25) is 5.91 Å². The lowest BCUT2D eigenvalue weighted by Crippen LogP contribution is -2.49. The zero-order chi connectivity index (χ0) is 19.9.